The van der Waals surface area contributed by atoms with Gasteiger partial charge in [0.25, 0.3) is 5.91 Å². The standard InChI is InChI=1S/C24H26N2O3/c1-16(2)21-7-5-6-8-23(21)29-20-12-9-18(10-13-20)26-24(27)22-14-11-19(15-28-4)25-17(22)3/h5-14,16H,15H2,1-4H3,(H,26,27). The number of anilines is 1. The number of carbonyl (C=O) groups excluding carboxylic acids is 1. The van der Waals surface area contributed by atoms with Crippen molar-refractivity contribution in [1.29, 1.82) is 0 Å². The van der Waals surface area contributed by atoms with Gasteiger partial charge in [0.15, 0.2) is 0 Å². The summed E-state index contributed by atoms with van der Waals surface area (Å²) in [6, 6.07) is 18.9. The van der Waals surface area contributed by atoms with Gasteiger partial charge in [0.2, 0.25) is 0 Å². The van der Waals surface area contributed by atoms with Crippen molar-refractivity contribution < 1.29 is 14.3 Å². The lowest BCUT2D eigenvalue weighted by Gasteiger charge is -2.14. The first-order valence-corrected chi connectivity index (χ1v) is 9.61. The Morgan fingerprint density at radius 2 is 1.76 bits per heavy atom. The van der Waals surface area contributed by atoms with Gasteiger partial charge in [-0.1, -0.05) is 32.0 Å². The van der Waals surface area contributed by atoms with Crippen LogP contribution in [0.3, 0.4) is 0 Å². The van der Waals surface area contributed by atoms with Crippen molar-refractivity contribution in [2.24, 2.45) is 0 Å². The highest BCUT2D eigenvalue weighted by Gasteiger charge is 2.12. The summed E-state index contributed by atoms with van der Waals surface area (Å²) >= 11 is 0. The van der Waals surface area contributed by atoms with Gasteiger partial charge in [-0.05, 0) is 60.9 Å². The van der Waals surface area contributed by atoms with Crippen LogP contribution in [-0.4, -0.2) is 18.0 Å². The lowest BCUT2D eigenvalue weighted by molar-refractivity contribution is 0.102. The minimum Gasteiger partial charge on any atom is -0.457 e. The molecule has 0 aliphatic carbocycles. The normalized spacial score (nSPS) is 10.8. The summed E-state index contributed by atoms with van der Waals surface area (Å²) in [5, 5.41) is 2.91. The molecule has 1 heterocycles. The molecule has 0 aliphatic heterocycles. The number of para-hydroxylation sites is 1. The van der Waals surface area contributed by atoms with Gasteiger partial charge >= 0.3 is 0 Å². The van der Waals surface area contributed by atoms with Crippen LogP contribution < -0.4 is 10.1 Å². The van der Waals surface area contributed by atoms with Gasteiger partial charge in [0, 0.05) is 12.8 Å². The Morgan fingerprint density at radius 3 is 2.41 bits per heavy atom. The topological polar surface area (TPSA) is 60.5 Å². The molecule has 0 spiro atoms. The molecule has 0 bridgehead atoms. The lowest BCUT2D eigenvalue weighted by Crippen LogP contribution is -2.14. The number of amides is 1. The van der Waals surface area contributed by atoms with E-state index in [0.717, 1.165) is 22.8 Å². The van der Waals surface area contributed by atoms with E-state index < -0.39 is 0 Å². The molecular weight excluding hydrogens is 364 g/mol. The Labute approximate surface area is 171 Å². The quantitative estimate of drug-likeness (QED) is 0.562. The molecule has 3 rings (SSSR count). The minimum absolute atomic E-state index is 0.196. The van der Waals surface area contributed by atoms with E-state index in [4.69, 9.17) is 9.47 Å². The van der Waals surface area contributed by atoms with E-state index in [-0.39, 0.29) is 5.91 Å². The first-order valence-electron chi connectivity index (χ1n) is 9.61. The second kappa shape index (κ2) is 9.34. The molecule has 1 aromatic heterocycles. The highest BCUT2D eigenvalue weighted by molar-refractivity contribution is 6.05. The molecule has 0 radical (unpaired) electrons. The largest absolute Gasteiger partial charge is 0.457 e. The Hall–Kier alpha value is -3.18. The van der Waals surface area contributed by atoms with Crippen molar-refractivity contribution in [3.8, 4) is 11.5 Å². The van der Waals surface area contributed by atoms with Gasteiger partial charge in [-0.2, -0.15) is 0 Å². The number of aryl methyl sites for hydroxylation is 1. The summed E-state index contributed by atoms with van der Waals surface area (Å²) in [7, 11) is 1.62. The van der Waals surface area contributed by atoms with Crippen LogP contribution in [0.15, 0.2) is 60.7 Å². The van der Waals surface area contributed by atoms with Gasteiger partial charge in [-0.25, -0.2) is 0 Å². The zero-order valence-corrected chi connectivity index (χ0v) is 17.2. The molecule has 5 nitrogen and oxygen atoms in total. The number of hydrogen-bond donors (Lipinski definition) is 1. The summed E-state index contributed by atoms with van der Waals surface area (Å²) in [4.78, 5) is 17.0. The lowest BCUT2D eigenvalue weighted by atomic mass is 10.0. The SMILES string of the molecule is COCc1ccc(C(=O)Nc2ccc(Oc3ccccc3C(C)C)cc2)c(C)n1. The first-order chi connectivity index (χ1) is 14.0. The smallest absolute Gasteiger partial charge is 0.257 e. The summed E-state index contributed by atoms with van der Waals surface area (Å²) in [6.45, 7) is 6.51. The molecule has 150 valence electrons. The summed E-state index contributed by atoms with van der Waals surface area (Å²) in [5.41, 5.74) is 3.85. The second-order valence-corrected chi connectivity index (χ2v) is 7.14. The predicted octanol–water partition coefficient (Wildman–Crippen LogP) is 5.70. The van der Waals surface area contributed by atoms with Gasteiger partial charge in [-0.3, -0.25) is 9.78 Å². The molecule has 3 aromatic rings. The molecule has 29 heavy (non-hydrogen) atoms. The van der Waals surface area contributed by atoms with E-state index in [1.54, 1.807) is 19.2 Å². The Bertz CT molecular complexity index is 982. The van der Waals surface area contributed by atoms with Crippen molar-refractivity contribution in [2.45, 2.75) is 33.3 Å². The first kappa shape index (κ1) is 20.6. The van der Waals surface area contributed by atoms with Crippen LogP contribution in [-0.2, 0) is 11.3 Å². The third-order valence-electron chi connectivity index (χ3n) is 4.56. The van der Waals surface area contributed by atoms with Crippen LogP contribution in [0, 0.1) is 6.92 Å². The van der Waals surface area contributed by atoms with Crippen LogP contribution in [0.4, 0.5) is 5.69 Å². The number of methoxy groups -OCH3 is 1. The third kappa shape index (κ3) is 5.21. The Balaban J connectivity index is 1.69. The van der Waals surface area contributed by atoms with Crippen molar-refractivity contribution in [3.63, 3.8) is 0 Å². The maximum absolute atomic E-state index is 12.6. The zero-order chi connectivity index (χ0) is 20.8. The number of aromatic nitrogens is 1. The van der Waals surface area contributed by atoms with E-state index in [9.17, 15) is 4.79 Å². The molecule has 0 saturated carbocycles. The summed E-state index contributed by atoms with van der Waals surface area (Å²) < 4.78 is 11.1. The van der Waals surface area contributed by atoms with Crippen molar-refractivity contribution >= 4 is 11.6 Å². The third-order valence-corrected chi connectivity index (χ3v) is 4.56. The Morgan fingerprint density at radius 1 is 1.03 bits per heavy atom. The van der Waals surface area contributed by atoms with Gasteiger partial charge in [0.05, 0.1) is 23.6 Å². The molecule has 0 aliphatic rings. The van der Waals surface area contributed by atoms with Gasteiger partial charge in [0.1, 0.15) is 11.5 Å². The molecule has 2 aromatic carbocycles. The molecule has 0 saturated heterocycles. The van der Waals surface area contributed by atoms with Crippen LogP contribution in [0.1, 0.15) is 47.1 Å². The van der Waals surface area contributed by atoms with E-state index in [2.05, 4.69) is 30.2 Å². The highest BCUT2D eigenvalue weighted by atomic mass is 16.5. The maximum atomic E-state index is 12.6. The monoisotopic (exact) mass is 390 g/mol. The number of carbonyl (C=O) groups is 1. The second-order valence-electron chi connectivity index (χ2n) is 7.14. The molecular formula is C24H26N2O3. The Kier molecular flexibility index (Phi) is 6.62. The number of pyridine rings is 1. The number of rotatable bonds is 7. The molecule has 1 amide bonds. The van der Waals surface area contributed by atoms with E-state index in [1.165, 1.54) is 0 Å². The van der Waals surface area contributed by atoms with Crippen LogP contribution >= 0.6 is 0 Å². The molecule has 0 fully saturated rings. The van der Waals surface area contributed by atoms with Crippen LogP contribution in [0.5, 0.6) is 11.5 Å². The van der Waals surface area contributed by atoms with E-state index in [0.29, 0.717) is 29.5 Å². The van der Waals surface area contributed by atoms with E-state index in [1.807, 2.05) is 49.4 Å². The molecule has 1 N–H and O–H groups in total. The van der Waals surface area contributed by atoms with Crippen LogP contribution in [0.2, 0.25) is 0 Å². The highest BCUT2D eigenvalue weighted by Crippen LogP contribution is 2.30. The minimum atomic E-state index is -0.196. The average Bonchev–Trinajstić information content (AvgIpc) is 2.70. The maximum Gasteiger partial charge on any atom is 0.257 e. The van der Waals surface area contributed by atoms with Crippen molar-refractivity contribution in [3.05, 3.63) is 83.2 Å². The fourth-order valence-corrected chi connectivity index (χ4v) is 3.06. The number of benzene rings is 2. The molecule has 0 unspecified atom stereocenters. The fourth-order valence-electron chi connectivity index (χ4n) is 3.06. The van der Waals surface area contributed by atoms with Crippen molar-refractivity contribution in [1.82, 2.24) is 4.98 Å². The summed E-state index contributed by atoms with van der Waals surface area (Å²) in [5.74, 6) is 1.74. The number of nitrogens with zero attached hydrogens (tertiary/aromatic N) is 1. The van der Waals surface area contributed by atoms with Gasteiger partial charge in [-0.15, -0.1) is 0 Å². The summed E-state index contributed by atoms with van der Waals surface area (Å²) in [6.07, 6.45) is 0. The predicted molar refractivity (Wildman–Crippen MR) is 115 cm³/mol. The van der Waals surface area contributed by atoms with Crippen molar-refractivity contribution in [2.75, 3.05) is 12.4 Å². The van der Waals surface area contributed by atoms with Gasteiger partial charge < -0.3 is 14.8 Å². The zero-order valence-electron chi connectivity index (χ0n) is 17.2. The number of hydrogen-bond acceptors (Lipinski definition) is 4. The molecule has 0 atom stereocenters. The molecule has 5 heteroatoms. The number of nitrogens with one attached hydrogen (secondary N) is 1. The fraction of sp³-hybridized carbons (Fsp3) is 0.250. The number of ether oxygens (including phenoxy) is 2. The van der Waals surface area contributed by atoms with E-state index >= 15 is 0 Å². The average molecular weight is 390 g/mol. The van der Waals surface area contributed by atoms with Crippen LogP contribution in [0.25, 0.3) is 0 Å².